The minimum atomic E-state index is -4.33. The molecule has 16 heavy (non-hydrogen) atoms. The summed E-state index contributed by atoms with van der Waals surface area (Å²) in [6.07, 6.45) is -4.48. The van der Waals surface area contributed by atoms with Crippen LogP contribution in [0.15, 0.2) is 24.3 Å². The molecule has 90 valence electrons. The number of rotatable bonds is 3. The number of hydrogen-bond acceptors (Lipinski definition) is 1. The van der Waals surface area contributed by atoms with Gasteiger partial charge in [0, 0.05) is 0 Å². The molecule has 0 radical (unpaired) electrons. The quantitative estimate of drug-likeness (QED) is 0.849. The third-order valence-corrected chi connectivity index (χ3v) is 2.54. The maximum atomic E-state index is 12.3. The predicted octanol–water partition coefficient (Wildman–Crippen LogP) is 3.24. The number of benzene rings is 1. The smallest absolute Gasteiger partial charge is 0.320 e. The van der Waals surface area contributed by atoms with E-state index in [4.69, 9.17) is 5.73 Å². The molecule has 0 aliphatic rings. The number of hydrogen-bond donors (Lipinski definition) is 1. The summed E-state index contributed by atoms with van der Waals surface area (Å²) < 4.78 is 37.0. The van der Waals surface area contributed by atoms with E-state index in [1.165, 1.54) is 0 Å². The summed E-state index contributed by atoms with van der Waals surface area (Å²) in [4.78, 5) is 0. The van der Waals surface area contributed by atoms with E-state index in [-0.39, 0.29) is 12.3 Å². The molecule has 0 fully saturated rings. The van der Waals surface area contributed by atoms with Crippen LogP contribution in [0.25, 0.3) is 0 Å². The summed E-state index contributed by atoms with van der Waals surface area (Å²) in [5, 5.41) is 0. The molecule has 0 amide bonds. The molecule has 0 aliphatic carbocycles. The molecule has 0 aliphatic heterocycles. The van der Waals surface area contributed by atoms with Crippen molar-refractivity contribution in [2.24, 2.45) is 5.73 Å². The Morgan fingerprint density at radius 1 is 1.19 bits per heavy atom. The average molecular weight is 231 g/mol. The maximum absolute atomic E-state index is 12.3. The molecule has 1 nitrogen and oxygen atoms in total. The van der Waals surface area contributed by atoms with Gasteiger partial charge in [0.15, 0.2) is 0 Å². The highest BCUT2D eigenvalue weighted by atomic mass is 19.4. The predicted molar refractivity (Wildman–Crippen MR) is 58.3 cm³/mol. The lowest BCUT2D eigenvalue weighted by molar-refractivity contribution is -0.147. The van der Waals surface area contributed by atoms with Crippen LogP contribution in [-0.4, -0.2) is 12.2 Å². The van der Waals surface area contributed by atoms with Crippen molar-refractivity contribution in [1.29, 1.82) is 0 Å². The molecule has 0 spiro atoms. The first-order valence-electron chi connectivity index (χ1n) is 5.22. The average Bonchev–Trinajstić information content (AvgIpc) is 2.16. The maximum Gasteiger partial charge on any atom is 0.403 e. The molecule has 0 saturated heterocycles. The van der Waals surface area contributed by atoms with Crippen LogP contribution in [-0.2, 0) is 6.42 Å². The van der Waals surface area contributed by atoms with Crippen molar-refractivity contribution in [1.82, 2.24) is 0 Å². The van der Waals surface area contributed by atoms with Crippen molar-refractivity contribution in [3.63, 3.8) is 0 Å². The van der Waals surface area contributed by atoms with Gasteiger partial charge in [-0.25, -0.2) is 0 Å². The minimum absolute atomic E-state index is 0.155. The molecular formula is C12H16F3N. The minimum Gasteiger partial charge on any atom is -0.320 e. The van der Waals surface area contributed by atoms with Gasteiger partial charge in [-0.1, -0.05) is 38.1 Å². The van der Waals surface area contributed by atoms with Crippen LogP contribution in [0.2, 0.25) is 0 Å². The van der Waals surface area contributed by atoms with Crippen molar-refractivity contribution in [3.8, 4) is 0 Å². The van der Waals surface area contributed by atoms with E-state index in [2.05, 4.69) is 0 Å². The fourth-order valence-electron chi connectivity index (χ4n) is 1.64. The monoisotopic (exact) mass is 231 g/mol. The summed E-state index contributed by atoms with van der Waals surface area (Å²) in [6, 6.07) is 5.35. The lowest BCUT2D eigenvalue weighted by Crippen LogP contribution is -2.39. The lowest BCUT2D eigenvalue weighted by Gasteiger charge is -2.18. The Hall–Kier alpha value is -1.03. The van der Waals surface area contributed by atoms with Gasteiger partial charge in [0.1, 0.15) is 6.04 Å². The van der Waals surface area contributed by atoms with Gasteiger partial charge in [-0.3, -0.25) is 0 Å². The fraction of sp³-hybridized carbons (Fsp3) is 0.500. The zero-order valence-electron chi connectivity index (χ0n) is 9.38. The molecule has 1 aromatic carbocycles. The van der Waals surface area contributed by atoms with E-state index in [1.807, 2.05) is 26.0 Å². The molecule has 0 saturated carbocycles. The van der Waals surface area contributed by atoms with E-state index in [0.717, 1.165) is 5.56 Å². The largest absolute Gasteiger partial charge is 0.403 e. The zero-order valence-corrected chi connectivity index (χ0v) is 9.38. The Morgan fingerprint density at radius 3 is 2.25 bits per heavy atom. The van der Waals surface area contributed by atoms with Crippen molar-refractivity contribution in [2.45, 2.75) is 38.4 Å². The van der Waals surface area contributed by atoms with Crippen molar-refractivity contribution in [2.75, 3.05) is 0 Å². The molecule has 1 unspecified atom stereocenters. The molecule has 1 aromatic rings. The first-order chi connectivity index (χ1) is 7.32. The van der Waals surface area contributed by atoms with Crippen LogP contribution in [0.5, 0.6) is 0 Å². The molecule has 0 bridgehead atoms. The Morgan fingerprint density at radius 2 is 1.75 bits per heavy atom. The summed E-state index contributed by atoms with van der Waals surface area (Å²) in [7, 11) is 0. The number of alkyl halides is 3. The fourth-order valence-corrected chi connectivity index (χ4v) is 1.64. The van der Waals surface area contributed by atoms with Crippen molar-refractivity contribution < 1.29 is 13.2 Å². The van der Waals surface area contributed by atoms with Gasteiger partial charge in [0.25, 0.3) is 0 Å². The Kier molecular flexibility index (Phi) is 3.97. The van der Waals surface area contributed by atoms with Crippen LogP contribution in [0.4, 0.5) is 13.2 Å². The van der Waals surface area contributed by atoms with Gasteiger partial charge in [0.2, 0.25) is 0 Å². The van der Waals surface area contributed by atoms with Crippen LogP contribution < -0.4 is 5.73 Å². The summed E-state index contributed by atoms with van der Waals surface area (Å²) >= 11 is 0. The van der Waals surface area contributed by atoms with Gasteiger partial charge < -0.3 is 5.73 Å². The van der Waals surface area contributed by atoms with Gasteiger partial charge in [0.05, 0.1) is 0 Å². The molecule has 4 heteroatoms. The topological polar surface area (TPSA) is 26.0 Å². The zero-order chi connectivity index (χ0) is 12.3. The van der Waals surface area contributed by atoms with Gasteiger partial charge >= 0.3 is 6.18 Å². The highest BCUT2D eigenvalue weighted by molar-refractivity contribution is 5.30. The number of halogens is 3. The summed E-state index contributed by atoms with van der Waals surface area (Å²) in [5.74, 6) is 0.205. The van der Waals surface area contributed by atoms with Crippen LogP contribution in [0.1, 0.15) is 30.9 Å². The second-order valence-corrected chi connectivity index (χ2v) is 4.21. The second-order valence-electron chi connectivity index (χ2n) is 4.21. The summed E-state index contributed by atoms with van der Waals surface area (Å²) in [5.41, 5.74) is 6.74. The molecular weight excluding hydrogens is 215 g/mol. The van der Waals surface area contributed by atoms with Crippen LogP contribution in [0.3, 0.4) is 0 Å². The van der Waals surface area contributed by atoms with E-state index in [9.17, 15) is 13.2 Å². The van der Waals surface area contributed by atoms with Crippen molar-refractivity contribution >= 4 is 0 Å². The first-order valence-corrected chi connectivity index (χ1v) is 5.22. The van der Waals surface area contributed by atoms with Gasteiger partial charge in [-0.15, -0.1) is 0 Å². The highest BCUT2D eigenvalue weighted by Gasteiger charge is 2.36. The Labute approximate surface area is 93.5 Å². The Bertz CT molecular complexity index is 344. The highest BCUT2D eigenvalue weighted by Crippen LogP contribution is 2.25. The van der Waals surface area contributed by atoms with Crippen LogP contribution in [0, 0.1) is 0 Å². The summed E-state index contributed by atoms with van der Waals surface area (Å²) in [6.45, 7) is 3.91. The molecule has 1 rings (SSSR count). The van der Waals surface area contributed by atoms with Crippen molar-refractivity contribution in [3.05, 3.63) is 35.4 Å². The lowest BCUT2D eigenvalue weighted by atomic mass is 9.93. The first kappa shape index (κ1) is 13.0. The van der Waals surface area contributed by atoms with E-state index in [0.29, 0.717) is 5.56 Å². The molecule has 0 aromatic heterocycles. The SMILES string of the molecule is CC(C)c1ccccc1CC(N)C(F)(F)F. The van der Waals surface area contributed by atoms with E-state index < -0.39 is 12.2 Å². The third-order valence-electron chi connectivity index (χ3n) is 2.54. The normalized spacial score (nSPS) is 14.2. The molecule has 0 heterocycles. The third kappa shape index (κ3) is 3.23. The Balaban J connectivity index is 2.89. The number of nitrogens with two attached hydrogens (primary N) is 1. The van der Waals surface area contributed by atoms with Gasteiger partial charge in [-0.05, 0) is 23.5 Å². The van der Waals surface area contributed by atoms with Gasteiger partial charge in [-0.2, -0.15) is 13.2 Å². The molecule has 1 atom stereocenters. The standard InChI is InChI=1S/C12H16F3N/c1-8(2)10-6-4-3-5-9(10)7-11(16)12(13,14)15/h3-6,8,11H,7,16H2,1-2H3. The van der Waals surface area contributed by atoms with E-state index >= 15 is 0 Å². The van der Waals surface area contributed by atoms with Crippen LogP contribution >= 0.6 is 0 Å². The molecule has 2 N–H and O–H groups in total. The second kappa shape index (κ2) is 4.87. The van der Waals surface area contributed by atoms with E-state index in [1.54, 1.807) is 12.1 Å².